The molecule has 1 nitrogen and oxygen atoms in total. The summed E-state index contributed by atoms with van der Waals surface area (Å²) in [4.78, 5) is 0. The molecule has 0 saturated heterocycles. The summed E-state index contributed by atoms with van der Waals surface area (Å²) >= 11 is 0. The second-order valence-corrected chi connectivity index (χ2v) is 4.62. The van der Waals surface area contributed by atoms with E-state index in [0.29, 0.717) is 5.75 Å². The van der Waals surface area contributed by atoms with Crippen molar-refractivity contribution in [1.29, 1.82) is 0 Å². The summed E-state index contributed by atoms with van der Waals surface area (Å²) < 4.78 is 0. The van der Waals surface area contributed by atoms with E-state index in [0.717, 1.165) is 49.7 Å². The number of unbranched alkanes of at least 4 members (excludes halogenated alkanes) is 2. The molecule has 0 fully saturated rings. The molecule has 90 valence electrons. The normalized spacial score (nSPS) is 10.1. The van der Waals surface area contributed by atoms with Crippen molar-refractivity contribution >= 4 is 0 Å². The second-order valence-electron chi connectivity index (χ2n) is 4.62. The van der Waals surface area contributed by atoms with Crippen LogP contribution in [-0.4, -0.2) is 0 Å². The first-order valence-corrected chi connectivity index (χ1v) is 6.48. The predicted molar refractivity (Wildman–Crippen MR) is 67.8 cm³/mol. The Hall–Kier alpha value is -0.383. The van der Waals surface area contributed by atoms with Gasteiger partial charge in [-0.15, -0.1) is 5.75 Å². The SMILES string of the molecule is CCCCc1cc(C)cc(CCCC)c1[O-].[Li+]. The third-order valence-corrected chi connectivity index (χ3v) is 2.99. The molecule has 1 aromatic rings. The second kappa shape index (κ2) is 8.67. The number of hydrogen-bond donors (Lipinski definition) is 0. The zero-order valence-corrected chi connectivity index (χ0v) is 11.8. The summed E-state index contributed by atoms with van der Waals surface area (Å²) in [5.41, 5.74) is 3.28. The fourth-order valence-corrected chi connectivity index (χ4v) is 2.03. The van der Waals surface area contributed by atoms with Gasteiger partial charge < -0.3 is 5.11 Å². The summed E-state index contributed by atoms with van der Waals surface area (Å²) in [6.07, 6.45) is 6.42. The summed E-state index contributed by atoms with van der Waals surface area (Å²) in [6, 6.07) is 4.13. The van der Waals surface area contributed by atoms with Gasteiger partial charge in [-0.3, -0.25) is 0 Å². The van der Waals surface area contributed by atoms with E-state index in [-0.39, 0.29) is 18.9 Å². The van der Waals surface area contributed by atoms with Gasteiger partial charge in [-0.2, -0.15) is 0 Å². The van der Waals surface area contributed by atoms with Crippen molar-refractivity contribution in [3.63, 3.8) is 0 Å². The maximum Gasteiger partial charge on any atom is 1.00 e. The van der Waals surface area contributed by atoms with Gasteiger partial charge in [0.1, 0.15) is 0 Å². The maximum atomic E-state index is 12.1. The standard InChI is InChI=1S/C15H24O.Li/c1-4-6-8-13-10-12(3)11-14(15(13)16)9-7-5-2;/h10-11,16H,4-9H2,1-3H3;/q;+1/p-1. The molecule has 1 rings (SSSR count). The number of hydrogen-bond acceptors (Lipinski definition) is 1. The van der Waals surface area contributed by atoms with Crippen LogP contribution in [0, 0.1) is 6.92 Å². The van der Waals surface area contributed by atoms with E-state index in [1.165, 1.54) is 5.56 Å². The molecule has 1 aromatic carbocycles. The Morgan fingerprint density at radius 1 is 0.941 bits per heavy atom. The Bertz CT molecular complexity index is 305. The van der Waals surface area contributed by atoms with Crippen molar-refractivity contribution in [2.24, 2.45) is 0 Å². The minimum absolute atomic E-state index is 0. The Balaban J connectivity index is 0.00000256. The third kappa shape index (κ3) is 5.19. The van der Waals surface area contributed by atoms with E-state index in [1.54, 1.807) is 0 Å². The molecule has 0 aromatic heterocycles. The van der Waals surface area contributed by atoms with Crippen LogP contribution in [0.25, 0.3) is 0 Å². The van der Waals surface area contributed by atoms with Crippen molar-refractivity contribution in [3.8, 4) is 5.75 Å². The Labute approximate surface area is 118 Å². The van der Waals surface area contributed by atoms with E-state index in [4.69, 9.17) is 0 Å². The monoisotopic (exact) mass is 226 g/mol. The van der Waals surface area contributed by atoms with E-state index in [2.05, 4.69) is 32.9 Å². The van der Waals surface area contributed by atoms with Gasteiger partial charge in [0.25, 0.3) is 0 Å². The third-order valence-electron chi connectivity index (χ3n) is 2.99. The van der Waals surface area contributed by atoms with Crippen LogP contribution < -0.4 is 24.0 Å². The van der Waals surface area contributed by atoms with E-state index in [1.807, 2.05) is 0 Å². The van der Waals surface area contributed by atoms with Crippen LogP contribution in [0.3, 0.4) is 0 Å². The van der Waals surface area contributed by atoms with Crippen LogP contribution >= 0.6 is 0 Å². The van der Waals surface area contributed by atoms with Gasteiger partial charge in [0.15, 0.2) is 0 Å². The van der Waals surface area contributed by atoms with Gasteiger partial charge >= 0.3 is 18.9 Å². The Morgan fingerprint density at radius 3 is 1.71 bits per heavy atom. The topological polar surface area (TPSA) is 23.1 Å². The minimum Gasteiger partial charge on any atom is -0.872 e. The van der Waals surface area contributed by atoms with Crippen molar-refractivity contribution in [2.45, 2.75) is 59.3 Å². The van der Waals surface area contributed by atoms with Crippen molar-refractivity contribution in [2.75, 3.05) is 0 Å². The Morgan fingerprint density at radius 2 is 1.35 bits per heavy atom. The van der Waals surface area contributed by atoms with Crippen LogP contribution in [0.1, 0.15) is 56.2 Å². The van der Waals surface area contributed by atoms with E-state index < -0.39 is 0 Å². The van der Waals surface area contributed by atoms with Crippen molar-refractivity contribution in [3.05, 3.63) is 28.8 Å². The molecule has 2 heteroatoms. The molecular weight excluding hydrogens is 203 g/mol. The van der Waals surface area contributed by atoms with Crippen LogP contribution in [-0.2, 0) is 12.8 Å². The molecule has 0 radical (unpaired) electrons. The van der Waals surface area contributed by atoms with Gasteiger partial charge in [0.05, 0.1) is 0 Å². The first-order chi connectivity index (χ1) is 7.69. The number of aryl methyl sites for hydroxylation is 3. The molecule has 0 spiro atoms. The fraction of sp³-hybridized carbons (Fsp3) is 0.600. The summed E-state index contributed by atoms with van der Waals surface area (Å²) in [7, 11) is 0. The molecule has 0 heterocycles. The zero-order chi connectivity index (χ0) is 12.0. The quantitative estimate of drug-likeness (QED) is 0.657. The average Bonchev–Trinajstić information content (AvgIpc) is 2.28. The Kier molecular flexibility index (Phi) is 8.48. The molecular formula is C15H23LiO. The van der Waals surface area contributed by atoms with Gasteiger partial charge in [-0.25, -0.2) is 0 Å². The molecule has 0 N–H and O–H groups in total. The van der Waals surface area contributed by atoms with Gasteiger partial charge in [0, 0.05) is 0 Å². The fourth-order valence-electron chi connectivity index (χ4n) is 2.03. The van der Waals surface area contributed by atoms with Crippen LogP contribution in [0.2, 0.25) is 0 Å². The summed E-state index contributed by atoms with van der Waals surface area (Å²) in [6.45, 7) is 6.42. The molecule has 0 unspecified atom stereocenters. The predicted octanol–water partition coefficient (Wildman–Crippen LogP) is 0.758. The maximum absolute atomic E-state index is 12.1. The average molecular weight is 226 g/mol. The first kappa shape index (κ1) is 16.6. The van der Waals surface area contributed by atoms with Gasteiger partial charge in [0.2, 0.25) is 0 Å². The molecule has 0 aliphatic rings. The first-order valence-electron chi connectivity index (χ1n) is 6.48. The zero-order valence-electron chi connectivity index (χ0n) is 11.8. The van der Waals surface area contributed by atoms with Gasteiger partial charge in [-0.1, -0.05) is 55.5 Å². The summed E-state index contributed by atoms with van der Waals surface area (Å²) in [5, 5.41) is 12.1. The summed E-state index contributed by atoms with van der Waals surface area (Å²) in [5.74, 6) is 0.299. The molecule has 0 saturated carbocycles. The van der Waals surface area contributed by atoms with Crippen LogP contribution in [0.5, 0.6) is 5.75 Å². The number of benzene rings is 1. The van der Waals surface area contributed by atoms with Crippen molar-refractivity contribution < 1.29 is 24.0 Å². The van der Waals surface area contributed by atoms with E-state index >= 15 is 0 Å². The van der Waals surface area contributed by atoms with Crippen LogP contribution in [0.4, 0.5) is 0 Å². The molecule has 17 heavy (non-hydrogen) atoms. The largest absolute Gasteiger partial charge is 1.00 e. The number of rotatable bonds is 6. The smallest absolute Gasteiger partial charge is 0.872 e. The molecule has 0 atom stereocenters. The van der Waals surface area contributed by atoms with Gasteiger partial charge in [-0.05, 0) is 32.6 Å². The van der Waals surface area contributed by atoms with Crippen molar-refractivity contribution in [1.82, 2.24) is 0 Å². The van der Waals surface area contributed by atoms with Crippen LogP contribution in [0.15, 0.2) is 12.1 Å². The molecule has 0 bridgehead atoms. The minimum atomic E-state index is 0. The molecule has 0 aliphatic heterocycles. The molecule has 0 aliphatic carbocycles. The molecule has 0 amide bonds. The van der Waals surface area contributed by atoms with E-state index in [9.17, 15) is 5.11 Å².